The molecule has 2 aromatic rings. The third-order valence-electron chi connectivity index (χ3n) is 2.09. The lowest BCUT2D eigenvalue weighted by Crippen LogP contribution is -2.10. The van der Waals surface area contributed by atoms with Crippen LogP contribution in [0.4, 0.5) is 10.2 Å². The van der Waals surface area contributed by atoms with Crippen LogP contribution in [-0.4, -0.2) is 11.0 Å². The molecule has 0 radical (unpaired) electrons. The summed E-state index contributed by atoms with van der Waals surface area (Å²) in [5, 5.41) is 4.13. The summed E-state index contributed by atoms with van der Waals surface area (Å²) in [7, 11) is 0. The lowest BCUT2D eigenvalue weighted by Gasteiger charge is -2.09. The van der Waals surface area contributed by atoms with E-state index in [0.29, 0.717) is 11.6 Å². The quantitative estimate of drug-likeness (QED) is 0.812. The fraction of sp³-hybridized carbons (Fsp3) is 0.250. The molecule has 1 aromatic heterocycles. The van der Waals surface area contributed by atoms with Crippen molar-refractivity contribution in [1.82, 2.24) is 4.98 Å². The number of nitrogens with one attached hydrogen (secondary N) is 1. The summed E-state index contributed by atoms with van der Waals surface area (Å²) in [4.78, 5) is 4.33. The van der Waals surface area contributed by atoms with Crippen LogP contribution in [0, 0.1) is 5.82 Å². The molecule has 0 fully saturated rings. The fourth-order valence-corrected chi connectivity index (χ4v) is 1.47. The lowest BCUT2D eigenvalue weighted by atomic mass is 10.2. The van der Waals surface area contributed by atoms with Crippen molar-refractivity contribution >= 4 is 16.7 Å². The smallest absolute Gasteiger partial charge is 0.126 e. The topological polar surface area (TPSA) is 24.9 Å². The Morgan fingerprint density at radius 1 is 1.20 bits per heavy atom. The third kappa shape index (κ3) is 2.24. The number of anilines is 1. The summed E-state index contributed by atoms with van der Waals surface area (Å²) in [6.07, 6.45) is 0. The molecule has 2 nitrogen and oxygen atoms in total. The Morgan fingerprint density at radius 3 is 2.67 bits per heavy atom. The highest BCUT2D eigenvalue weighted by atomic mass is 19.1. The zero-order valence-electron chi connectivity index (χ0n) is 8.79. The van der Waals surface area contributed by atoms with Gasteiger partial charge < -0.3 is 5.32 Å². The molecular weight excluding hydrogens is 191 g/mol. The fourth-order valence-electron chi connectivity index (χ4n) is 1.47. The second-order valence-electron chi connectivity index (χ2n) is 3.83. The van der Waals surface area contributed by atoms with Crippen molar-refractivity contribution in [2.45, 2.75) is 19.9 Å². The molecule has 0 bridgehead atoms. The van der Waals surface area contributed by atoms with Crippen molar-refractivity contribution in [2.24, 2.45) is 0 Å². The summed E-state index contributed by atoms with van der Waals surface area (Å²) >= 11 is 0. The first-order chi connectivity index (χ1) is 7.15. The highest BCUT2D eigenvalue weighted by Crippen LogP contribution is 2.16. The number of hydrogen-bond acceptors (Lipinski definition) is 2. The van der Waals surface area contributed by atoms with Crippen molar-refractivity contribution in [3.8, 4) is 0 Å². The van der Waals surface area contributed by atoms with E-state index in [1.165, 1.54) is 12.1 Å². The average Bonchev–Trinajstić information content (AvgIpc) is 2.16. The largest absolute Gasteiger partial charge is 0.368 e. The molecule has 0 amide bonds. The molecule has 0 aliphatic rings. The minimum absolute atomic E-state index is 0.253. The first kappa shape index (κ1) is 9.90. The summed E-state index contributed by atoms with van der Waals surface area (Å²) in [5.41, 5.74) is 0.681. The Bertz CT molecular complexity index is 480. The van der Waals surface area contributed by atoms with Gasteiger partial charge in [-0.3, -0.25) is 0 Å². The van der Waals surface area contributed by atoms with E-state index in [1.807, 2.05) is 26.0 Å². The third-order valence-corrected chi connectivity index (χ3v) is 2.09. The maximum atomic E-state index is 13.0. The number of halogens is 1. The first-order valence-corrected chi connectivity index (χ1v) is 4.98. The van der Waals surface area contributed by atoms with Crippen molar-refractivity contribution in [1.29, 1.82) is 0 Å². The Kier molecular flexibility index (Phi) is 2.54. The molecule has 0 spiro atoms. The molecule has 78 valence electrons. The highest BCUT2D eigenvalue weighted by Gasteiger charge is 2.00. The van der Waals surface area contributed by atoms with Crippen LogP contribution in [0.3, 0.4) is 0 Å². The number of fused-ring (bicyclic) bond motifs is 1. The molecule has 1 N–H and O–H groups in total. The molecule has 0 aliphatic heterocycles. The number of rotatable bonds is 2. The Hall–Kier alpha value is -1.64. The standard InChI is InChI=1S/C12H13FN2/c1-8(2)14-12-6-4-9-3-5-10(13)7-11(9)15-12/h3-8H,1-2H3,(H,14,15). The van der Waals surface area contributed by atoms with Crippen LogP contribution in [0.15, 0.2) is 30.3 Å². The lowest BCUT2D eigenvalue weighted by molar-refractivity contribution is 0.629. The van der Waals surface area contributed by atoms with E-state index in [0.717, 1.165) is 11.2 Å². The van der Waals surface area contributed by atoms with Crippen LogP contribution in [-0.2, 0) is 0 Å². The summed E-state index contributed by atoms with van der Waals surface area (Å²) in [6, 6.07) is 8.78. The van der Waals surface area contributed by atoms with Gasteiger partial charge >= 0.3 is 0 Å². The van der Waals surface area contributed by atoms with Crippen molar-refractivity contribution in [3.63, 3.8) is 0 Å². The minimum Gasteiger partial charge on any atom is -0.368 e. The van der Waals surface area contributed by atoms with Crippen LogP contribution < -0.4 is 5.32 Å². The van der Waals surface area contributed by atoms with Crippen LogP contribution in [0.2, 0.25) is 0 Å². The normalized spacial score (nSPS) is 10.9. The molecule has 2 rings (SSSR count). The molecule has 0 aliphatic carbocycles. The summed E-state index contributed by atoms with van der Waals surface area (Å²) in [6.45, 7) is 4.08. The predicted molar refractivity (Wildman–Crippen MR) is 60.5 cm³/mol. The van der Waals surface area contributed by atoms with E-state index < -0.39 is 0 Å². The van der Waals surface area contributed by atoms with Crippen molar-refractivity contribution in [2.75, 3.05) is 5.32 Å². The van der Waals surface area contributed by atoms with Gasteiger partial charge in [-0.15, -0.1) is 0 Å². The Labute approximate surface area is 88.1 Å². The molecular formula is C12H13FN2. The van der Waals surface area contributed by atoms with Crippen molar-refractivity contribution < 1.29 is 4.39 Å². The zero-order chi connectivity index (χ0) is 10.8. The molecule has 1 aromatic carbocycles. The van der Waals surface area contributed by atoms with Gasteiger partial charge in [0.2, 0.25) is 0 Å². The van der Waals surface area contributed by atoms with Gasteiger partial charge in [0.05, 0.1) is 5.52 Å². The second kappa shape index (κ2) is 3.85. The second-order valence-corrected chi connectivity index (χ2v) is 3.83. The molecule has 0 saturated heterocycles. The maximum absolute atomic E-state index is 13.0. The number of aromatic nitrogens is 1. The van der Waals surface area contributed by atoms with E-state index >= 15 is 0 Å². The SMILES string of the molecule is CC(C)Nc1ccc2ccc(F)cc2n1. The van der Waals surface area contributed by atoms with E-state index in [2.05, 4.69) is 10.3 Å². The molecule has 15 heavy (non-hydrogen) atoms. The minimum atomic E-state index is -0.253. The number of hydrogen-bond donors (Lipinski definition) is 1. The summed E-state index contributed by atoms with van der Waals surface area (Å²) in [5.74, 6) is 0.528. The van der Waals surface area contributed by atoms with E-state index in [1.54, 1.807) is 6.07 Å². The average molecular weight is 204 g/mol. The molecule has 0 saturated carbocycles. The van der Waals surface area contributed by atoms with Crippen molar-refractivity contribution in [3.05, 3.63) is 36.1 Å². The van der Waals surface area contributed by atoms with Gasteiger partial charge in [0.1, 0.15) is 11.6 Å². The van der Waals surface area contributed by atoms with Gasteiger partial charge in [0.15, 0.2) is 0 Å². The van der Waals surface area contributed by atoms with E-state index in [4.69, 9.17) is 0 Å². The Morgan fingerprint density at radius 2 is 1.93 bits per heavy atom. The van der Waals surface area contributed by atoms with Gasteiger partial charge in [0, 0.05) is 17.5 Å². The zero-order valence-corrected chi connectivity index (χ0v) is 8.79. The van der Waals surface area contributed by atoms with E-state index in [-0.39, 0.29) is 5.82 Å². The van der Waals surface area contributed by atoms with Gasteiger partial charge in [-0.25, -0.2) is 9.37 Å². The number of benzene rings is 1. The Balaban J connectivity index is 2.45. The van der Waals surface area contributed by atoms with Gasteiger partial charge in [-0.1, -0.05) is 0 Å². The van der Waals surface area contributed by atoms with Gasteiger partial charge in [-0.05, 0) is 38.1 Å². The van der Waals surface area contributed by atoms with Gasteiger partial charge in [-0.2, -0.15) is 0 Å². The molecule has 1 heterocycles. The molecule has 3 heteroatoms. The van der Waals surface area contributed by atoms with E-state index in [9.17, 15) is 4.39 Å². The predicted octanol–water partition coefficient (Wildman–Crippen LogP) is 3.19. The van der Waals surface area contributed by atoms with Crippen LogP contribution in [0.1, 0.15) is 13.8 Å². The maximum Gasteiger partial charge on any atom is 0.126 e. The molecule has 0 unspecified atom stereocenters. The van der Waals surface area contributed by atoms with Crippen LogP contribution >= 0.6 is 0 Å². The number of nitrogens with zero attached hydrogens (tertiary/aromatic N) is 1. The highest BCUT2D eigenvalue weighted by molar-refractivity contribution is 5.80. The van der Waals surface area contributed by atoms with Gasteiger partial charge in [0.25, 0.3) is 0 Å². The number of pyridine rings is 1. The monoisotopic (exact) mass is 204 g/mol. The van der Waals surface area contributed by atoms with Crippen LogP contribution in [0.25, 0.3) is 10.9 Å². The summed E-state index contributed by atoms with van der Waals surface area (Å²) < 4.78 is 13.0. The molecule has 0 atom stereocenters. The van der Waals surface area contributed by atoms with Crippen LogP contribution in [0.5, 0.6) is 0 Å². The first-order valence-electron chi connectivity index (χ1n) is 4.98.